The lowest BCUT2D eigenvalue weighted by molar-refractivity contribution is 0.155. The van der Waals surface area contributed by atoms with Crippen molar-refractivity contribution < 1.29 is 14.6 Å². The lowest BCUT2D eigenvalue weighted by atomic mass is 10.0. The maximum Gasteiger partial charge on any atom is 0.169 e. The third-order valence-electron chi connectivity index (χ3n) is 3.89. The quantitative estimate of drug-likeness (QED) is 0.867. The minimum Gasteiger partial charge on any atom is -0.493 e. The van der Waals surface area contributed by atoms with E-state index < -0.39 is 0 Å². The summed E-state index contributed by atoms with van der Waals surface area (Å²) < 4.78 is 11.4. The van der Waals surface area contributed by atoms with Crippen LogP contribution in [0, 0.1) is 0 Å². The number of benzene rings is 2. The minimum absolute atomic E-state index is 0.264. The summed E-state index contributed by atoms with van der Waals surface area (Å²) in [6.07, 6.45) is 3.00. The van der Waals surface area contributed by atoms with Crippen molar-refractivity contribution in [3.8, 4) is 17.2 Å². The van der Waals surface area contributed by atoms with E-state index in [0.29, 0.717) is 0 Å². The maximum absolute atomic E-state index is 10.1. The normalized spacial score (nSPS) is 18.1. The number of hydrogen-bond acceptors (Lipinski definition) is 3. The summed E-state index contributed by atoms with van der Waals surface area (Å²) in [6.45, 7) is 0. The number of ether oxygens (including phenoxy) is 2. The van der Waals surface area contributed by atoms with Crippen LogP contribution in [0.15, 0.2) is 42.5 Å². The molecule has 2 aromatic rings. The average molecular weight is 284 g/mol. The van der Waals surface area contributed by atoms with Gasteiger partial charge in [0.1, 0.15) is 5.75 Å². The van der Waals surface area contributed by atoms with Gasteiger partial charge in [-0.3, -0.25) is 0 Å². The van der Waals surface area contributed by atoms with Crippen LogP contribution in [-0.2, 0) is 12.8 Å². The summed E-state index contributed by atoms with van der Waals surface area (Å²) in [4.78, 5) is 0. The molecule has 0 saturated heterocycles. The molecular weight excluding hydrogens is 264 g/mol. The molecule has 110 valence electrons. The highest BCUT2D eigenvalue weighted by Gasteiger charge is 2.12. The predicted molar refractivity (Wildman–Crippen MR) is 82.2 cm³/mol. The Bertz CT molecular complexity index is 622. The van der Waals surface area contributed by atoms with Crippen LogP contribution in [0.2, 0.25) is 0 Å². The van der Waals surface area contributed by atoms with E-state index in [4.69, 9.17) is 9.47 Å². The first-order valence-electron chi connectivity index (χ1n) is 7.36. The standard InChI is InChI=1S/C18H20O3/c1-20-17-10-7-14-6-9-15(19)8-5-13-3-2-4-16(11-13)21-18(17)12-14/h2-4,7,10-12,15,19H,5-6,8-9H2,1H3. The van der Waals surface area contributed by atoms with Gasteiger partial charge < -0.3 is 14.6 Å². The van der Waals surface area contributed by atoms with Crippen molar-refractivity contribution in [2.75, 3.05) is 7.11 Å². The highest BCUT2D eigenvalue weighted by molar-refractivity contribution is 5.46. The second-order valence-electron chi connectivity index (χ2n) is 5.47. The summed E-state index contributed by atoms with van der Waals surface area (Å²) in [5.74, 6) is 2.25. The Labute approximate surface area is 125 Å². The summed E-state index contributed by atoms with van der Waals surface area (Å²) in [7, 11) is 1.64. The zero-order valence-corrected chi connectivity index (χ0v) is 12.2. The molecular formula is C18H20O3. The van der Waals surface area contributed by atoms with Crippen LogP contribution < -0.4 is 9.47 Å². The van der Waals surface area contributed by atoms with E-state index in [9.17, 15) is 5.11 Å². The minimum atomic E-state index is -0.264. The zero-order valence-electron chi connectivity index (χ0n) is 12.2. The lowest BCUT2D eigenvalue weighted by Gasteiger charge is -2.16. The van der Waals surface area contributed by atoms with Gasteiger partial charge in [-0.15, -0.1) is 0 Å². The number of rotatable bonds is 1. The van der Waals surface area contributed by atoms with Crippen LogP contribution in [0.1, 0.15) is 24.0 Å². The molecule has 21 heavy (non-hydrogen) atoms. The molecule has 1 N–H and O–H groups in total. The monoisotopic (exact) mass is 284 g/mol. The van der Waals surface area contributed by atoms with Crippen molar-refractivity contribution in [2.45, 2.75) is 31.8 Å². The van der Waals surface area contributed by atoms with Crippen LogP contribution >= 0.6 is 0 Å². The van der Waals surface area contributed by atoms with E-state index in [-0.39, 0.29) is 6.10 Å². The summed E-state index contributed by atoms with van der Waals surface area (Å²) in [5.41, 5.74) is 2.34. The van der Waals surface area contributed by atoms with Gasteiger partial charge in [0.25, 0.3) is 0 Å². The molecule has 0 radical (unpaired) electrons. The largest absolute Gasteiger partial charge is 0.493 e. The van der Waals surface area contributed by atoms with Crippen LogP contribution in [-0.4, -0.2) is 18.3 Å². The summed E-state index contributed by atoms with van der Waals surface area (Å²) in [5, 5.41) is 10.1. The average Bonchev–Trinajstić information content (AvgIpc) is 2.51. The Kier molecular flexibility index (Phi) is 4.11. The number of methoxy groups -OCH3 is 1. The van der Waals surface area contributed by atoms with Crippen molar-refractivity contribution in [3.63, 3.8) is 0 Å². The van der Waals surface area contributed by atoms with Crippen molar-refractivity contribution in [2.24, 2.45) is 0 Å². The van der Waals surface area contributed by atoms with Crippen molar-refractivity contribution >= 4 is 0 Å². The van der Waals surface area contributed by atoms with E-state index in [1.165, 1.54) is 5.56 Å². The molecule has 0 fully saturated rings. The van der Waals surface area contributed by atoms with Gasteiger partial charge in [0.2, 0.25) is 0 Å². The molecule has 4 bridgehead atoms. The smallest absolute Gasteiger partial charge is 0.169 e. The Morgan fingerprint density at radius 2 is 1.81 bits per heavy atom. The van der Waals surface area contributed by atoms with Gasteiger partial charge in [-0.1, -0.05) is 18.2 Å². The van der Waals surface area contributed by atoms with Gasteiger partial charge in [-0.2, -0.15) is 0 Å². The van der Waals surface area contributed by atoms with Crippen molar-refractivity contribution in [1.29, 1.82) is 0 Å². The van der Waals surface area contributed by atoms with Crippen molar-refractivity contribution in [1.82, 2.24) is 0 Å². The van der Waals surface area contributed by atoms with Gasteiger partial charge >= 0.3 is 0 Å². The fourth-order valence-corrected chi connectivity index (χ4v) is 2.66. The first kappa shape index (κ1) is 14.0. The van der Waals surface area contributed by atoms with Crippen LogP contribution in [0.5, 0.6) is 17.2 Å². The third kappa shape index (κ3) is 3.37. The molecule has 3 heteroatoms. The second kappa shape index (κ2) is 6.19. The second-order valence-corrected chi connectivity index (χ2v) is 5.47. The number of aliphatic hydroxyl groups excluding tert-OH is 1. The lowest BCUT2D eigenvalue weighted by Crippen LogP contribution is -2.10. The Morgan fingerprint density at radius 3 is 2.57 bits per heavy atom. The number of hydrogen-bond donors (Lipinski definition) is 1. The number of aliphatic hydroxyl groups is 1. The fraction of sp³-hybridized carbons (Fsp3) is 0.333. The van der Waals surface area contributed by atoms with Crippen LogP contribution in [0.4, 0.5) is 0 Å². The molecule has 0 aliphatic carbocycles. The van der Waals surface area contributed by atoms with E-state index >= 15 is 0 Å². The highest BCUT2D eigenvalue weighted by Crippen LogP contribution is 2.33. The van der Waals surface area contributed by atoms with Gasteiger partial charge in [0.05, 0.1) is 13.2 Å². The molecule has 1 atom stereocenters. The Hall–Kier alpha value is -2.00. The Balaban J connectivity index is 2.00. The predicted octanol–water partition coefficient (Wildman–Crippen LogP) is 3.73. The van der Waals surface area contributed by atoms with Crippen LogP contribution in [0.3, 0.4) is 0 Å². The van der Waals surface area contributed by atoms with E-state index in [0.717, 1.165) is 48.5 Å². The van der Waals surface area contributed by atoms with Crippen molar-refractivity contribution in [3.05, 3.63) is 53.6 Å². The molecule has 1 unspecified atom stereocenters. The van der Waals surface area contributed by atoms with E-state index in [1.54, 1.807) is 7.11 Å². The molecule has 3 rings (SSSR count). The highest BCUT2D eigenvalue weighted by atomic mass is 16.5. The first-order valence-corrected chi connectivity index (χ1v) is 7.36. The molecule has 0 aromatic heterocycles. The summed E-state index contributed by atoms with van der Waals surface area (Å²) >= 11 is 0. The molecule has 1 aliphatic heterocycles. The summed E-state index contributed by atoms with van der Waals surface area (Å²) in [6, 6.07) is 14.0. The van der Waals surface area contributed by atoms with Gasteiger partial charge in [-0.25, -0.2) is 0 Å². The SMILES string of the molecule is COc1ccc2cc1Oc1cccc(c1)CCC(O)CC2. The topological polar surface area (TPSA) is 38.7 Å². The molecule has 1 heterocycles. The zero-order chi connectivity index (χ0) is 14.7. The van der Waals surface area contributed by atoms with E-state index in [2.05, 4.69) is 6.07 Å². The van der Waals surface area contributed by atoms with Gasteiger partial charge in [0.15, 0.2) is 11.5 Å². The third-order valence-corrected chi connectivity index (χ3v) is 3.89. The number of aryl methyl sites for hydroxylation is 2. The molecule has 3 nitrogen and oxygen atoms in total. The van der Waals surface area contributed by atoms with Gasteiger partial charge in [0, 0.05) is 0 Å². The van der Waals surface area contributed by atoms with E-state index in [1.807, 2.05) is 36.4 Å². The molecule has 1 aliphatic rings. The Morgan fingerprint density at radius 1 is 1.05 bits per heavy atom. The van der Waals surface area contributed by atoms with Crippen LogP contribution in [0.25, 0.3) is 0 Å². The first-order chi connectivity index (χ1) is 10.2. The molecule has 2 aromatic carbocycles. The maximum atomic E-state index is 10.1. The van der Waals surface area contributed by atoms with Gasteiger partial charge in [-0.05, 0) is 61.1 Å². The molecule has 0 spiro atoms. The molecule has 0 saturated carbocycles. The number of fused-ring (bicyclic) bond motifs is 4. The molecule has 0 amide bonds. The fourth-order valence-electron chi connectivity index (χ4n) is 2.66.